The number of aromatic nitrogens is 3. The van der Waals surface area contributed by atoms with E-state index in [1.54, 1.807) is 37.0 Å². The van der Waals surface area contributed by atoms with E-state index in [4.69, 9.17) is 0 Å². The van der Waals surface area contributed by atoms with Crippen molar-refractivity contribution < 1.29 is 4.79 Å². The van der Waals surface area contributed by atoms with Gasteiger partial charge in [0.2, 0.25) is 5.91 Å². The van der Waals surface area contributed by atoms with Crippen LogP contribution in [0.5, 0.6) is 0 Å². The van der Waals surface area contributed by atoms with Gasteiger partial charge in [-0.15, -0.1) is 0 Å². The highest BCUT2D eigenvalue weighted by Gasteiger charge is 2.15. The number of likely N-dealkylation sites (N-methyl/N-ethyl adjacent to an activating group) is 1. The summed E-state index contributed by atoms with van der Waals surface area (Å²) in [6, 6.07) is 3.57. The third-order valence-electron chi connectivity index (χ3n) is 2.88. The summed E-state index contributed by atoms with van der Waals surface area (Å²) in [5.74, 6) is -0.115. The van der Waals surface area contributed by atoms with E-state index >= 15 is 0 Å². The zero-order valence-corrected chi connectivity index (χ0v) is 10.8. The number of carbonyl (C=O) groups excluding carboxylic acids is 1. The average Bonchev–Trinajstić information content (AvgIpc) is 2.62. The van der Waals surface area contributed by atoms with E-state index < -0.39 is 0 Å². The monoisotopic (exact) mass is 248 g/mol. The number of carbonyl (C=O) groups is 1. The number of rotatable bonds is 3. The third-order valence-corrected chi connectivity index (χ3v) is 2.88. The SMILES string of the molecule is CCn1c(=O)n(CC(=O)N(C)C)c2cccnc21. The lowest BCUT2D eigenvalue weighted by Crippen LogP contribution is -2.32. The van der Waals surface area contributed by atoms with Crippen molar-refractivity contribution in [3.8, 4) is 0 Å². The Labute approximate surface area is 104 Å². The molecule has 0 aliphatic carbocycles. The second kappa shape index (κ2) is 4.64. The van der Waals surface area contributed by atoms with Crippen molar-refractivity contribution in [1.29, 1.82) is 0 Å². The normalized spacial score (nSPS) is 10.8. The zero-order valence-electron chi connectivity index (χ0n) is 10.8. The molecule has 6 heteroatoms. The molecule has 0 atom stereocenters. The molecule has 0 unspecified atom stereocenters. The van der Waals surface area contributed by atoms with Crippen molar-refractivity contribution in [3.63, 3.8) is 0 Å². The molecule has 2 rings (SSSR count). The Kier molecular flexibility index (Phi) is 3.18. The summed E-state index contributed by atoms with van der Waals surface area (Å²) in [7, 11) is 3.34. The van der Waals surface area contributed by atoms with Gasteiger partial charge in [0, 0.05) is 26.8 Å². The van der Waals surface area contributed by atoms with Gasteiger partial charge < -0.3 is 4.90 Å². The first-order chi connectivity index (χ1) is 8.56. The molecule has 2 heterocycles. The van der Waals surface area contributed by atoms with Crippen molar-refractivity contribution in [1.82, 2.24) is 19.0 Å². The third kappa shape index (κ3) is 1.90. The van der Waals surface area contributed by atoms with Crippen molar-refractivity contribution in [2.75, 3.05) is 14.1 Å². The first-order valence-corrected chi connectivity index (χ1v) is 5.80. The van der Waals surface area contributed by atoms with Crippen LogP contribution in [0, 0.1) is 0 Å². The molecule has 0 bridgehead atoms. The van der Waals surface area contributed by atoms with Crippen LogP contribution in [0.3, 0.4) is 0 Å². The molecule has 2 aromatic heterocycles. The van der Waals surface area contributed by atoms with Gasteiger partial charge in [0.1, 0.15) is 6.54 Å². The van der Waals surface area contributed by atoms with Crippen LogP contribution in [0.2, 0.25) is 0 Å². The van der Waals surface area contributed by atoms with Gasteiger partial charge in [-0.2, -0.15) is 0 Å². The van der Waals surface area contributed by atoms with Gasteiger partial charge in [0.05, 0.1) is 5.52 Å². The quantitative estimate of drug-likeness (QED) is 0.785. The molecule has 18 heavy (non-hydrogen) atoms. The van der Waals surface area contributed by atoms with E-state index in [2.05, 4.69) is 4.98 Å². The lowest BCUT2D eigenvalue weighted by Gasteiger charge is -2.10. The van der Waals surface area contributed by atoms with E-state index in [0.29, 0.717) is 17.7 Å². The van der Waals surface area contributed by atoms with Crippen molar-refractivity contribution in [2.24, 2.45) is 0 Å². The minimum absolute atomic E-state index is 0.0427. The van der Waals surface area contributed by atoms with Crippen LogP contribution in [0.25, 0.3) is 11.2 Å². The highest BCUT2D eigenvalue weighted by Crippen LogP contribution is 2.09. The predicted molar refractivity (Wildman–Crippen MR) is 68.4 cm³/mol. The Morgan fingerprint density at radius 3 is 2.72 bits per heavy atom. The summed E-state index contributed by atoms with van der Waals surface area (Å²) in [4.78, 5) is 29.6. The van der Waals surface area contributed by atoms with E-state index in [-0.39, 0.29) is 18.1 Å². The van der Waals surface area contributed by atoms with Crippen molar-refractivity contribution in [2.45, 2.75) is 20.0 Å². The molecule has 0 aliphatic heterocycles. The largest absolute Gasteiger partial charge is 0.347 e. The van der Waals surface area contributed by atoms with Gasteiger partial charge in [0.15, 0.2) is 5.65 Å². The van der Waals surface area contributed by atoms with Crippen molar-refractivity contribution in [3.05, 3.63) is 28.8 Å². The summed E-state index contributed by atoms with van der Waals surface area (Å²) < 4.78 is 3.03. The highest BCUT2D eigenvalue weighted by atomic mass is 16.2. The van der Waals surface area contributed by atoms with Crippen molar-refractivity contribution >= 4 is 17.1 Å². The number of amides is 1. The van der Waals surface area contributed by atoms with Crippen LogP contribution in [-0.4, -0.2) is 39.0 Å². The molecular formula is C12H16N4O2. The molecule has 1 amide bonds. The summed E-state index contributed by atoms with van der Waals surface area (Å²) in [5.41, 5.74) is 1.12. The standard InChI is InChI=1S/C12H16N4O2/c1-4-15-11-9(6-5-7-13-11)16(12(15)18)8-10(17)14(2)3/h5-7H,4,8H2,1-3H3. The Bertz CT molecular complexity index is 639. The molecule has 0 saturated heterocycles. The second-order valence-corrected chi connectivity index (χ2v) is 4.25. The maximum absolute atomic E-state index is 12.2. The molecule has 2 aromatic rings. The molecule has 0 spiro atoms. The van der Waals surface area contributed by atoms with E-state index in [9.17, 15) is 9.59 Å². The molecule has 0 aromatic carbocycles. The molecule has 0 aliphatic rings. The molecular weight excluding hydrogens is 232 g/mol. The lowest BCUT2D eigenvalue weighted by molar-refractivity contribution is -0.129. The Hall–Kier alpha value is -2.11. The van der Waals surface area contributed by atoms with Crippen LogP contribution in [0.4, 0.5) is 0 Å². The van der Waals surface area contributed by atoms with Crippen LogP contribution < -0.4 is 5.69 Å². The number of hydrogen-bond donors (Lipinski definition) is 0. The number of pyridine rings is 1. The molecule has 6 nitrogen and oxygen atoms in total. The predicted octanol–water partition coefficient (Wildman–Crippen LogP) is 0.306. The first-order valence-electron chi connectivity index (χ1n) is 5.80. The summed E-state index contributed by atoms with van der Waals surface area (Å²) >= 11 is 0. The van der Waals surface area contributed by atoms with Gasteiger partial charge in [-0.3, -0.25) is 13.9 Å². The fraction of sp³-hybridized carbons (Fsp3) is 0.417. The minimum Gasteiger partial charge on any atom is -0.347 e. The molecule has 0 fully saturated rings. The van der Waals surface area contributed by atoms with Crippen LogP contribution in [0.15, 0.2) is 23.1 Å². The average molecular weight is 248 g/mol. The molecule has 0 radical (unpaired) electrons. The topological polar surface area (TPSA) is 60.1 Å². The Balaban J connectivity index is 2.60. The number of hydrogen-bond acceptors (Lipinski definition) is 3. The molecule has 96 valence electrons. The van der Waals surface area contributed by atoms with Crippen LogP contribution in [-0.2, 0) is 17.9 Å². The number of fused-ring (bicyclic) bond motifs is 1. The highest BCUT2D eigenvalue weighted by molar-refractivity contribution is 5.78. The maximum atomic E-state index is 12.2. The molecule has 0 N–H and O–H groups in total. The van der Waals surface area contributed by atoms with Crippen LogP contribution in [0.1, 0.15) is 6.92 Å². The van der Waals surface area contributed by atoms with Gasteiger partial charge in [-0.25, -0.2) is 9.78 Å². The van der Waals surface area contributed by atoms with Gasteiger partial charge in [-0.1, -0.05) is 0 Å². The van der Waals surface area contributed by atoms with E-state index in [0.717, 1.165) is 0 Å². The summed E-state index contributed by atoms with van der Waals surface area (Å²) in [5, 5.41) is 0. The van der Waals surface area contributed by atoms with Gasteiger partial charge in [0.25, 0.3) is 0 Å². The van der Waals surface area contributed by atoms with E-state index in [1.807, 2.05) is 6.92 Å². The summed E-state index contributed by atoms with van der Waals surface area (Å²) in [6.45, 7) is 2.46. The molecule has 0 saturated carbocycles. The van der Waals surface area contributed by atoms with Crippen LogP contribution >= 0.6 is 0 Å². The summed E-state index contributed by atoms with van der Waals surface area (Å²) in [6.07, 6.45) is 1.64. The zero-order chi connectivity index (χ0) is 13.3. The van der Waals surface area contributed by atoms with E-state index in [1.165, 1.54) is 9.47 Å². The minimum atomic E-state index is -0.193. The Morgan fingerprint density at radius 2 is 2.11 bits per heavy atom. The fourth-order valence-corrected chi connectivity index (χ4v) is 1.86. The fourth-order valence-electron chi connectivity index (χ4n) is 1.86. The maximum Gasteiger partial charge on any atom is 0.330 e. The van der Waals surface area contributed by atoms with Gasteiger partial charge >= 0.3 is 5.69 Å². The Morgan fingerprint density at radius 1 is 1.39 bits per heavy atom. The lowest BCUT2D eigenvalue weighted by atomic mass is 10.4. The smallest absolute Gasteiger partial charge is 0.330 e. The second-order valence-electron chi connectivity index (χ2n) is 4.25. The first kappa shape index (κ1) is 12.3. The van der Waals surface area contributed by atoms with Gasteiger partial charge in [-0.05, 0) is 19.1 Å². The number of imidazole rings is 1. The number of aryl methyl sites for hydroxylation is 1. The number of nitrogens with zero attached hydrogens (tertiary/aromatic N) is 4.